The third kappa shape index (κ3) is 5.82. The molecule has 134 valence electrons. The van der Waals surface area contributed by atoms with E-state index < -0.39 is 32.7 Å². The van der Waals surface area contributed by atoms with Gasteiger partial charge in [-0.05, 0) is 33.1 Å². The van der Waals surface area contributed by atoms with Crippen molar-refractivity contribution >= 4 is 17.3 Å². The predicted octanol–water partition coefficient (Wildman–Crippen LogP) is 3.84. The first-order chi connectivity index (χ1) is 10.8. The van der Waals surface area contributed by atoms with Gasteiger partial charge in [-0.3, -0.25) is 25.0 Å². The lowest BCUT2D eigenvalue weighted by molar-refractivity contribution is -0.394. The Hall–Kier alpha value is -2.71. The number of nitro benzene ring substituents is 2. The molecule has 0 radical (unpaired) electrons. The van der Waals surface area contributed by atoms with Crippen LogP contribution in [0.15, 0.2) is 12.1 Å². The lowest BCUT2D eigenvalue weighted by Crippen LogP contribution is -2.18. The summed E-state index contributed by atoms with van der Waals surface area (Å²) in [6.45, 7) is 8.55. The summed E-state index contributed by atoms with van der Waals surface area (Å²) in [6, 6.07) is 1.94. The molecule has 0 heterocycles. The fourth-order valence-electron chi connectivity index (χ4n) is 1.47. The molecule has 1 atom stereocenters. The lowest BCUT2D eigenvalue weighted by atomic mass is 9.96. The van der Waals surface area contributed by atoms with Crippen LogP contribution in [0.5, 0.6) is 5.75 Å². The van der Waals surface area contributed by atoms with Crippen LogP contribution in [0, 0.1) is 25.6 Å². The third-order valence-electron chi connectivity index (χ3n) is 3.30. The fraction of sp³-hybridized carbons (Fsp3) is 0.533. The zero-order chi connectivity index (χ0) is 19.2. The number of nitro groups is 2. The monoisotopic (exact) mass is 342 g/mol. The van der Waals surface area contributed by atoms with Gasteiger partial charge in [0.25, 0.3) is 5.69 Å². The maximum atomic E-state index is 10.7. The number of carboxylic acids is 1. The molecule has 0 amide bonds. The van der Waals surface area contributed by atoms with Crippen LogP contribution in [0.25, 0.3) is 0 Å². The Kier molecular flexibility index (Phi) is 7.30. The Morgan fingerprint density at radius 3 is 1.96 bits per heavy atom. The van der Waals surface area contributed by atoms with E-state index in [1.165, 1.54) is 6.07 Å². The zero-order valence-electron chi connectivity index (χ0n) is 14.3. The van der Waals surface area contributed by atoms with Crippen molar-refractivity contribution in [2.75, 3.05) is 0 Å². The number of hydrogen-bond acceptors (Lipinski definition) is 6. The lowest BCUT2D eigenvalue weighted by Gasteiger charge is -2.10. The second-order valence-electron chi connectivity index (χ2n) is 6.28. The SMILES string of the molecule is CC(C)(C)C(=O)O.CCC(C)c1cc([N+](=O)[O-])cc([N+](=O)[O-])c1O. The number of carboxylic acid groups (broad SMARTS) is 1. The number of rotatable bonds is 4. The van der Waals surface area contributed by atoms with Gasteiger partial charge in [0.1, 0.15) is 0 Å². The van der Waals surface area contributed by atoms with E-state index in [1.54, 1.807) is 27.7 Å². The Morgan fingerprint density at radius 1 is 1.21 bits per heavy atom. The predicted molar refractivity (Wildman–Crippen MR) is 87.2 cm³/mol. The average molecular weight is 342 g/mol. The van der Waals surface area contributed by atoms with Gasteiger partial charge in [0.2, 0.25) is 0 Å². The van der Waals surface area contributed by atoms with Gasteiger partial charge in [0, 0.05) is 11.6 Å². The molecule has 0 saturated carbocycles. The van der Waals surface area contributed by atoms with E-state index in [-0.39, 0.29) is 17.2 Å². The zero-order valence-corrected chi connectivity index (χ0v) is 14.3. The van der Waals surface area contributed by atoms with E-state index in [0.29, 0.717) is 6.42 Å². The highest BCUT2D eigenvalue weighted by molar-refractivity contribution is 5.72. The minimum absolute atomic E-state index is 0.186. The van der Waals surface area contributed by atoms with Gasteiger partial charge >= 0.3 is 11.7 Å². The number of benzene rings is 1. The highest BCUT2D eigenvalue weighted by Gasteiger charge is 2.25. The number of aliphatic carboxylic acids is 1. The quantitative estimate of drug-likeness (QED) is 0.624. The number of phenolic OH excluding ortho intramolecular Hbond substituents is 1. The van der Waals surface area contributed by atoms with Gasteiger partial charge in [-0.2, -0.15) is 0 Å². The molecular weight excluding hydrogens is 320 g/mol. The van der Waals surface area contributed by atoms with Gasteiger partial charge in [0.15, 0.2) is 5.75 Å². The number of hydrogen-bond donors (Lipinski definition) is 2. The molecular formula is C15H22N2O7. The number of carbonyl (C=O) groups is 1. The standard InChI is InChI=1S/C10H12N2O5.C5H10O2/c1-3-6(2)8-4-7(11(14)15)5-9(10(8)13)12(16)17;1-5(2,3)4(6)7/h4-6,13H,3H2,1-2H3;1-3H3,(H,6,7). The van der Waals surface area contributed by atoms with Gasteiger partial charge in [-0.15, -0.1) is 0 Å². The minimum Gasteiger partial charge on any atom is -0.502 e. The molecule has 0 aliphatic carbocycles. The van der Waals surface area contributed by atoms with Crippen LogP contribution >= 0.6 is 0 Å². The smallest absolute Gasteiger partial charge is 0.317 e. The van der Waals surface area contributed by atoms with E-state index >= 15 is 0 Å². The maximum absolute atomic E-state index is 10.7. The summed E-state index contributed by atoms with van der Waals surface area (Å²) in [7, 11) is 0. The highest BCUT2D eigenvalue weighted by atomic mass is 16.6. The van der Waals surface area contributed by atoms with Crippen LogP contribution < -0.4 is 0 Å². The molecule has 0 spiro atoms. The van der Waals surface area contributed by atoms with E-state index in [2.05, 4.69) is 0 Å². The van der Waals surface area contributed by atoms with Crippen molar-refractivity contribution in [1.82, 2.24) is 0 Å². The Morgan fingerprint density at radius 2 is 1.67 bits per heavy atom. The maximum Gasteiger partial charge on any atom is 0.317 e. The van der Waals surface area contributed by atoms with Gasteiger partial charge in [-0.1, -0.05) is 13.8 Å². The molecule has 9 heteroatoms. The van der Waals surface area contributed by atoms with Crippen molar-refractivity contribution in [3.8, 4) is 5.75 Å². The van der Waals surface area contributed by atoms with Crippen LogP contribution in [0.3, 0.4) is 0 Å². The van der Waals surface area contributed by atoms with Crippen molar-refractivity contribution in [1.29, 1.82) is 0 Å². The molecule has 0 saturated heterocycles. The van der Waals surface area contributed by atoms with Crippen molar-refractivity contribution in [3.05, 3.63) is 37.9 Å². The molecule has 1 unspecified atom stereocenters. The summed E-state index contributed by atoms with van der Waals surface area (Å²) < 4.78 is 0. The summed E-state index contributed by atoms with van der Waals surface area (Å²) >= 11 is 0. The average Bonchev–Trinajstić information content (AvgIpc) is 2.45. The minimum atomic E-state index is -0.825. The number of nitrogens with zero attached hydrogens (tertiary/aromatic N) is 2. The van der Waals surface area contributed by atoms with Crippen molar-refractivity contribution in [2.24, 2.45) is 5.41 Å². The second-order valence-corrected chi connectivity index (χ2v) is 6.28. The Labute approximate surface area is 139 Å². The molecule has 2 N–H and O–H groups in total. The summed E-state index contributed by atoms with van der Waals surface area (Å²) in [5, 5.41) is 39.3. The van der Waals surface area contributed by atoms with Crippen LogP contribution in [-0.2, 0) is 4.79 Å². The van der Waals surface area contributed by atoms with Crippen molar-refractivity contribution in [3.63, 3.8) is 0 Å². The largest absolute Gasteiger partial charge is 0.502 e. The molecule has 1 rings (SSSR count). The van der Waals surface area contributed by atoms with Gasteiger partial charge in [0.05, 0.1) is 21.3 Å². The Bertz CT molecular complexity index is 635. The first-order valence-electron chi connectivity index (χ1n) is 7.21. The fourth-order valence-corrected chi connectivity index (χ4v) is 1.47. The van der Waals surface area contributed by atoms with E-state index in [1.807, 2.05) is 6.92 Å². The molecule has 0 aromatic heterocycles. The Balaban J connectivity index is 0.000000640. The molecule has 1 aromatic carbocycles. The van der Waals surface area contributed by atoms with Crippen molar-refractivity contribution < 1.29 is 24.9 Å². The van der Waals surface area contributed by atoms with Crippen LogP contribution in [0.2, 0.25) is 0 Å². The third-order valence-corrected chi connectivity index (χ3v) is 3.30. The second kappa shape index (κ2) is 8.23. The highest BCUT2D eigenvalue weighted by Crippen LogP contribution is 2.38. The number of non-ortho nitro benzene ring substituents is 1. The molecule has 9 nitrogen and oxygen atoms in total. The summed E-state index contributed by atoms with van der Waals surface area (Å²) in [5.41, 5.74) is -1.37. The molecule has 0 bridgehead atoms. The van der Waals surface area contributed by atoms with E-state index in [0.717, 1.165) is 6.07 Å². The molecule has 0 aliphatic rings. The van der Waals surface area contributed by atoms with E-state index in [9.17, 15) is 30.1 Å². The topological polar surface area (TPSA) is 144 Å². The van der Waals surface area contributed by atoms with Gasteiger partial charge < -0.3 is 10.2 Å². The molecule has 0 fully saturated rings. The summed E-state index contributed by atoms with van der Waals surface area (Å²) in [6.07, 6.45) is 0.617. The van der Waals surface area contributed by atoms with Crippen LogP contribution in [-0.4, -0.2) is 26.0 Å². The summed E-state index contributed by atoms with van der Waals surface area (Å²) in [4.78, 5) is 29.8. The molecule has 0 aliphatic heterocycles. The first kappa shape index (κ1) is 21.3. The van der Waals surface area contributed by atoms with Crippen LogP contribution in [0.4, 0.5) is 11.4 Å². The first-order valence-corrected chi connectivity index (χ1v) is 7.21. The summed E-state index contributed by atoms with van der Waals surface area (Å²) in [5.74, 6) is -1.43. The number of phenols is 1. The van der Waals surface area contributed by atoms with E-state index in [4.69, 9.17) is 5.11 Å². The van der Waals surface area contributed by atoms with Crippen LogP contribution in [0.1, 0.15) is 52.5 Å². The molecule has 24 heavy (non-hydrogen) atoms. The normalized spacial score (nSPS) is 11.9. The number of aromatic hydroxyl groups is 1. The molecule has 1 aromatic rings. The van der Waals surface area contributed by atoms with Gasteiger partial charge in [-0.25, -0.2) is 0 Å². The van der Waals surface area contributed by atoms with Crippen molar-refractivity contribution in [2.45, 2.75) is 47.0 Å².